The van der Waals surface area contributed by atoms with Crippen molar-refractivity contribution in [2.75, 3.05) is 17.6 Å². The van der Waals surface area contributed by atoms with Gasteiger partial charge in [0.15, 0.2) is 5.65 Å². The number of fused-ring (bicyclic) bond motifs is 1. The van der Waals surface area contributed by atoms with Crippen molar-refractivity contribution in [3.8, 4) is 0 Å². The predicted octanol–water partition coefficient (Wildman–Crippen LogP) is 3.24. The Balaban J connectivity index is 1.61. The Morgan fingerprint density at radius 1 is 1.20 bits per heavy atom. The van der Waals surface area contributed by atoms with E-state index in [1.807, 2.05) is 28.4 Å². The van der Waals surface area contributed by atoms with Crippen molar-refractivity contribution in [1.82, 2.24) is 14.6 Å². The van der Waals surface area contributed by atoms with Crippen LogP contribution in [-0.4, -0.2) is 26.9 Å². The van der Waals surface area contributed by atoms with E-state index < -0.39 is 0 Å². The molecule has 3 aromatic rings. The topological polar surface area (TPSA) is 42.2 Å². The van der Waals surface area contributed by atoms with Gasteiger partial charge in [0.25, 0.3) is 0 Å². The quantitative estimate of drug-likeness (QED) is 0.577. The Morgan fingerprint density at radius 2 is 2.05 bits per heavy atom. The SMILES string of the molecule is Cc1cc(NCCSc2ccccc2)n2ncnc2c1. The van der Waals surface area contributed by atoms with Crippen molar-refractivity contribution in [2.45, 2.75) is 11.8 Å². The summed E-state index contributed by atoms with van der Waals surface area (Å²) in [6.45, 7) is 2.95. The van der Waals surface area contributed by atoms with Gasteiger partial charge in [-0.2, -0.15) is 9.61 Å². The molecule has 0 saturated heterocycles. The molecule has 0 amide bonds. The Labute approximate surface area is 122 Å². The highest BCUT2D eigenvalue weighted by Gasteiger charge is 2.03. The van der Waals surface area contributed by atoms with E-state index in [1.165, 1.54) is 10.5 Å². The number of nitrogens with one attached hydrogen (secondary N) is 1. The lowest BCUT2D eigenvalue weighted by molar-refractivity contribution is 0.949. The highest BCUT2D eigenvalue weighted by molar-refractivity contribution is 7.99. The zero-order chi connectivity index (χ0) is 13.8. The van der Waals surface area contributed by atoms with Crippen molar-refractivity contribution in [1.29, 1.82) is 0 Å². The van der Waals surface area contributed by atoms with Crippen LogP contribution in [0.15, 0.2) is 53.7 Å². The average molecular weight is 284 g/mol. The third kappa shape index (κ3) is 2.93. The fourth-order valence-corrected chi connectivity index (χ4v) is 2.84. The first-order valence-electron chi connectivity index (χ1n) is 6.55. The van der Waals surface area contributed by atoms with Crippen molar-refractivity contribution in [3.63, 3.8) is 0 Å². The molecule has 0 atom stereocenters. The first-order valence-corrected chi connectivity index (χ1v) is 7.53. The molecule has 0 aliphatic rings. The molecular weight excluding hydrogens is 268 g/mol. The molecule has 4 nitrogen and oxygen atoms in total. The van der Waals surface area contributed by atoms with Gasteiger partial charge in [-0.1, -0.05) is 18.2 Å². The van der Waals surface area contributed by atoms with E-state index in [-0.39, 0.29) is 0 Å². The van der Waals surface area contributed by atoms with E-state index in [0.29, 0.717) is 0 Å². The zero-order valence-corrected chi connectivity index (χ0v) is 12.1. The minimum atomic E-state index is 0.878. The molecule has 0 bridgehead atoms. The molecule has 0 aliphatic heterocycles. The highest BCUT2D eigenvalue weighted by atomic mass is 32.2. The van der Waals surface area contributed by atoms with Crippen LogP contribution in [0.4, 0.5) is 5.82 Å². The van der Waals surface area contributed by atoms with Crippen LogP contribution in [0.1, 0.15) is 5.56 Å². The maximum atomic E-state index is 4.23. The van der Waals surface area contributed by atoms with E-state index in [1.54, 1.807) is 6.33 Å². The second kappa shape index (κ2) is 5.96. The smallest absolute Gasteiger partial charge is 0.157 e. The third-order valence-electron chi connectivity index (χ3n) is 2.94. The van der Waals surface area contributed by atoms with Gasteiger partial charge in [-0.05, 0) is 36.8 Å². The van der Waals surface area contributed by atoms with Crippen molar-refractivity contribution >= 4 is 23.2 Å². The lowest BCUT2D eigenvalue weighted by atomic mass is 10.3. The van der Waals surface area contributed by atoms with E-state index in [9.17, 15) is 0 Å². The lowest BCUT2D eigenvalue weighted by Crippen LogP contribution is -2.08. The number of nitrogens with zero attached hydrogens (tertiary/aromatic N) is 3. The maximum absolute atomic E-state index is 4.23. The Kier molecular flexibility index (Phi) is 3.87. The minimum Gasteiger partial charge on any atom is -0.369 e. The molecule has 5 heteroatoms. The first kappa shape index (κ1) is 13.0. The van der Waals surface area contributed by atoms with E-state index >= 15 is 0 Å². The van der Waals surface area contributed by atoms with Gasteiger partial charge in [0.2, 0.25) is 0 Å². The number of thioether (sulfide) groups is 1. The molecule has 2 aromatic heterocycles. The van der Waals surface area contributed by atoms with Crippen molar-refractivity contribution in [2.24, 2.45) is 0 Å². The monoisotopic (exact) mass is 284 g/mol. The summed E-state index contributed by atoms with van der Waals surface area (Å²) in [6, 6.07) is 14.5. The van der Waals surface area contributed by atoms with Crippen LogP contribution in [0.25, 0.3) is 5.65 Å². The van der Waals surface area contributed by atoms with Gasteiger partial charge in [-0.3, -0.25) is 0 Å². The molecule has 1 N–H and O–H groups in total. The number of benzene rings is 1. The number of aromatic nitrogens is 3. The van der Waals surface area contributed by atoms with Crippen LogP contribution in [-0.2, 0) is 0 Å². The first-order chi connectivity index (χ1) is 9.83. The van der Waals surface area contributed by atoms with Crippen LogP contribution in [0.5, 0.6) is 0 Å². The van der Waals surface area contributed by atoms with Gasteiger partial charge in [-0.15, -0.1) is 11.8 Å². The molecule has 2 heterocycles. The van der Waals surface area contributed by atoms with Gasteiger partial charge < -0.3 is 5.32 Å². The molecule has 3 rings (SSSR count). The van der Waals surface area contributed by atoms with E-state index in [2.05, 4.69) is 52.7 Å². The van der Waals surface area contributed by atoms with Gasteiger partial charge >= 0.3 is 0 Å². The molecule has 0 aliphatic carbocycles. The number of rotatable bonds is 5. The van der Waals surface area contributed by atoms with Gasteiger partial charge in [0, 0.05) is 17.2 Å². The summed E-state index contributed by atoms with van der Waals surface area (Å²) in [7, 11) is 0. The number of aryl methyl sites for hydroxylation is 1. The molecule has 0 fully saturated rings. The highest BCUT2D eigenvalue weighted by Crippen LogP contribution is 2.17. The summed E-state index contributed by atoms with van der Waals surface area (Å²) in [5.74, 6) is 2.00. The molecule has 102 valence electrons. The Hall–Kier alpha value is -2.01. The molecule has 0 radical (unpaired) electrons. The average Bonchev–Trinajstić information content (AvgIpc) is 2.92. The minimum absolute atomic E-state index is 0.878. The Morgan fingerprint density at radius 3 is 2.90 bits per heavy atom. The molecule has 20 heavy (non-hydrogen) atoms. The molecular formula is C15H16N4S. The van der Waals surface area contributed by atoms with Gasteiger partial charge in [-0.25, -0.2) is 4.98 Å². The number of anilines is 1. The number of hydrogen-bond acceptors (Lipinski definition) is 4. The standard InChI is InChI=1S/C15H16N4S/c1-12-9-14(19-15(10-12)17-11-18-19)16-7-8-20-13-5-3-2-4-6-13/h2-6,9-11,16H,7-8H2,1H3. The van der Waals surface area contributed by atoms with Crippen molar-refractivity contribution < 1.29 is 0 Å². The Bertz CT molecular complexity index is 693. The van der Waals surface area contributed by atoms with Crippen LogP contribution >= 0.6 is 11.8 Å². The zero-order valence-electron chi connectivity index (χ0n) is 11.3. The van der Waals surface area contributed by atoms with E-state index in [0.717, 1.165) is 23.8 Å². The summed E-state index contributed by atoms with van der Waals surface area (Å²) in [5, 5.41) is 7.66. The molecule has 0 saturated carbocycles. The van der Waals surface area contributed by atoms with E-state index in [4.69, 9.17) is 0 Å². The predicted molar refractivity (Wildman–Crippen MR) is 83.4 cm³/mol. The summed E-state index contributed by atoms with van der Waals surface area (Å²) >= 11 is 1.84. The number of pyridine rings is 1. The number of hydrogen-bond donors (Lipinski definition) is 1. The third-order valence-corrected chi connectivity index (χ3v) is 3.96. The van der Waals surface area contributed by atoms with Gasteiger partial charge in [0.1, 0.15) is 12.1 Å². The largest absolute Gasteiger partial charge is 0.369 e. The lowest BCUT2D eigenvalue weighted by Gasteiger charge is -2.09. The summed E-state index contributed by atoms with van der Waals surface area (Å²) in [4.78, 5) is 5.52. The van der Waals surface area contributed by atoms with Crippen LogP contribution in [0.3, 0.4) is 0 Å². The van der Waals surface area contributed by atoms with Crippen LogP contribution in [0.2, 0.25) is 0 Å². The fraction of sp³-hybridized carbons (Fsp3) is 0.200. The second-order valence-corrected chi connectivity index (χ2v) is 5.70. The fourth-order valence-electron chi connectivity index (χ4n) is 2.05. The summed E-state index contributed by atoms with van der Waals surface area (Å²) in [5.41, 5.74) is 2.06. The summed E-state index contributed by atoms with van der Waals surface area (Å²) < 4.78 is 1.83. The molecule has 0 unspecified atom stereocenters. The van der Waals surface area contributed by atoms with Gasteiger partial charge in [0.05, 0.1) is 0 Å². The second-order valence-electron chi connectivity index (χ2n) is 4.54. The maximum Gasteiger partial charge on any atom is 0.157 e. The molecule has 1 aromatic carbocycles. The molecule has 0 spiro atoms. The van der Waals surface area contributed by atoms with Crippen molar-refractivity contribution in [3.05, 3.63) is 54.4 Å². The van der Waals surface area contributed by atoms with Crippen LogP contribution < -0.4 is 5.32 Å². The van der Waals surface area contributed by atoms with Crippen LogP contribution in [0, 0.1) is 6.92 Å². The normalized spacial score (nSPS) is 10.8. The summed E-state index contributed by atoms with van der Waals surface area (Å²) in [6.07, 6.45) is 1.58.